The third-order valence-corrected chi connectivity index (χ3v) is 13.9. The van der Waals surface area contributed by atoms with Gasteiger partial charge in [-0.3, -0.25) is 4.79 Å². The Labute approximate surface area is 313 Å². The molecule has 1 amide bonds. The van der Waals surface area contributed by atoms with E-state index in [0.717, 1.165) is 117 Å². The number of nitrogens with zero attached hydrogens (tertiary/aromatic N) is 2. The van der Waals surface area contributed by atoms with Gasteiger partial charge in [0.2, 0.25) is 21.3 Å². The molecule has 0 saturated carbocycles. The molecule has 5 aliphatic heterocycles. The molecule has 0 aliphatic carbocycles. The fourth-order valence-corrected chi connectivity index (χ4v) is 11.0. The van der Waals surface area contributed by atoms with Gasteiger partial charge in [0, 0.05) is 77.8 Å². The molecule has 0 radical (unpaired) electrons. The predicted molar refractivity (Wildman–Crippen MR) is 201 cm³/mol. The minimum atomic E-state index is -5.13. The Morgan fingerprint density at radius 3 is 2.37 bits per heavy atom. The van der Waals surface area contributed by atoms with Gasteiger partial charge in [0.15, 0.2) is 0 Å². The van der Waals surface area contributed by atoms with Crippen LogP contribution < -0.4 is 34.8 Å². The lowest BCUT2D eigenvalue weighted by atomic mass is 9.82. The van der Waals surface area contributed by atoms with Crippen LogP contribution in [0.3, 0.4) is 0 Å². The number of anilines is 1. The normalized spacial score (nSPS) is 17.5. The second-order valence-electron chi connectivity index (χ2n) is 14.4. The number of halogens is 1. The molecule has 276 valence electrons. The molecule has 8 rings (SSSR count). The van der Waals surface area contributed by atoms with Crippen molar-refractivity contribution < 1.29 is 30.9 Å². The maximum Gasteiger partial charge on any atom is 0.240 e. The first-order chi connectivity index (χ1) is 25.0. The second kappa shape index (κ2) is 14.2. The summed E-state index contributed by atoms with van der Waals surface area (Å²) in [5.74, 6) is 1.33. The minimum absolute atomic E-state index is 0.111. The smallest absolute Gasteiger partial charge is 0.240 e. The van der Waals surface area contributed by atoms with E-state index >= 15 is 0 Å². The quantitative estimate of drug-likeness (QED) is 0.102. The predicted octanol–water partition coefficient (Wildman–Crippen LogP) is 2.99. The molecular weight excluding hydrogens is 768 g/mol. The van der Waals surface area contributed by atoms with Crippen molar-refractivity contribution in [2.75, 3.05) is 49.5 Å². The van der Waals surface area contributed by atoms with Crippen LogP contribution in [0.25, 0.3) is 5.57 Å². The average molecular weight is 812 g/mol. The number of amides is 1. The zero-order valence-electron chi connectivity index (χ0n) is 29.1. The van der Waals surface area contributed by atoms with Gasteiger partial charge in [-0.1, -0.05) is 28.4 Å². The highest BCUT2D eigenvalue weighted by molar-refractivity contribution is 9.09. The molecule has 0 spiro atoms. The molecule has 2 N–H and O–H groups in total. The number of unbranched alkanes of at least 4 members (excludes halogenated alkanes) is 2. The number of alkyl halides is 1. The summed E-state index contributed by atoms with van der Waals surface area (Å²) in [6.45, 7) is 4.55. The van der Waals surface area contributed by atoms with Crippen molar-refractivity contribution in [1.82, 2.24) is 14.6 Å². The van der Waals surface area contributed by atoms with E-state index in [-0.39, 0.29) is 28.2 Å². The second-order valence-corrected chi connectivity index (χ2v) is 18.1. The van der Waals surface area contributed by atoms with E-state index in [0.29, 0.717) is 31.4 Å². The Kier molecular flexibility index (Phi) is 9.73. The summed E-state index contributed by atoms with van der Waals surface area (Å²) >= 11 is 3.10. The van der Waals surface area contributed by atoms with E-state index in [1.807, 2.05) is 0 Å². The first-order valence-electron chi connectivity index (χ1n) is 18.4. The summed E-state index contributed by atoms with van der Waals surface area (Å²) in [5, 5.41) is 4.96. The maximum absolute atomic E-state index is 13.5. The first kappa shape index (κ1) is 35.7. The third-order valence-electron chi connectivity index (χ3n) is 11.1. The van der Waals surface area contributed by atoms with Crippen LogP contribution in [-0.2, 0) is 50.6 Å². The highest BCUT2D eigenvalue weighted by Crippen LogP contribution is 2.49. The number of nitrogens with one attached hydrogen (secondary N) is 2. The van der Waals surface area contributed by atoms with Crippen molar-refractivity contribution in [2.24, 2.45) is 0 Å². The molecule has 0 aromatic heterocycles. The standard InChI is InChI=1S/C38H43BrN4O7S2/c39-23-33(44)40-14-2-1-3-15-41-51(45,46)26-12-13-27(32(22-26)52(47,48)49)34-30-20-24-8-4-16-42-18-6-10-28(35(24)42)37(30)50-38-29-11-7-19-43-17-5-9-25(36(29)43)21-31(34)38/h12-13,20-22,41H,1-11,14-19,23H2,(H-,40,44,47,48,49). The van der Waals surface area contributed by atoms with Crippen molar-refractivity contribution in [1.29, 1.82) is 0 Å². The lowest BCUT2D eigenvalue weighted by Gasteiger charge is -2.39. The average Bonchev–Trinajstić information content (AvgIpc) is 3.13. The van der Waals surface area contributed by atoms with Gasteiger partial charge < -0.3 is 19.5 Å². The van der Waals surface area contributed by atoms with E-state index < -0.39 is 25.0 Å². The Balaban J connectivity index is 1.26. The van der Waals surface area contributed by atoms with Crippen molar-refractivity contribution in [2.45, 2.75) is 80.4 Å². The number of hydrogen-bond donors (Lipinski definition) is 2. The van der Waals surface area contributed by atoms with Crippen LogP contribution in [0.15, 0.2) is 40.1 Å². The van der Waals surface area contributed by atoms with Crippen LogP contribution >= 0.6 is 15.9 Å². The van der Waals surface area contributed by atoms with Gasteiger partial charge in [0.25, 0.3) is 0 Å². The Hall–Kier alpha value is -3.30. The molecule has 0 unspecified atom stereocenters. The topological polar surface area (TPSA) is 148 Å². The van der Waals surface area contributed by atoms with E-state index in [1.165, 1.54) is 34.3 Å². The lowest BCUT2D eigenvalue weighted by molar-refractivity contribution is -0.118. The molecule has 3 aromatic rings. The number of sulfonamides is 1. The van der Waals surface area contributed by atoms with Crippen LogP contribution in [0.5, 0.6) is 11.5 Å². The van der Waals surface area contributed by atoms with Gasteiger partial charge in [-0.15, -0.1) is 0 Å². The van der Waals surface area contributed by atoms with Gasteiger partial charge in [0.1, 0.15) is 34.7 Å². The van der Waals surface area contributed by atoms with E-state index in [2.05, 4.69) is 47.6 Å². The van der Waals surface area contributed by atoms with Crippen LogP contribution in [0.1, 0.15) is 78.3 Å². The SMILES string of the molecule is O=C(CBr)NCCCCCNS(=O)(=O)c1ccc(C2=c3cc4c5c(c3Oc3c2cc2c6c3CCCN6CCC2)CCC[N+]=5CCC4)c(S(=O)(=O)[O-])c1. The molecule has 0 atom stereocenters. The molecule has 3 aromatic carbocycles. The number of carbonyl (C=O) groups excluding carboxylic acids is 1. The van der Waals surface area contributed by atoms with E-state index in [9.17, 15) is 26.2 Å². The molecule has 52 heavy (non-hydrogen) atoms. The summed E-state index contributed by atoms with van der Waals surface area (Å²) < 4.78 is 78.5. The number of fused-ring (bicyclic) bond motifs is 4. The Morgan fingerprint density at radius 2 is 1.58 bits per heavy atom. The van der Waals surface area contributed by atoms with Crippen LogP contribution in [0, 0.1) is 0 Å². The van der Waals surface area contributed by atoms with Gasteiger partial charge in [-0.25, -0.2) is 26.1 Å². The zero-order valence-corrected chi connectivity index (χ0v) is 32.3. The fourth-order valence-electron chi connectivity index (χ4n) is 8.88. The van der Waals surface area contributed by atoms with Gasteiger partial charge in [-0.05, 0) is 81.2 Å². The van der Waals surface area contributed by atoms with Crippen molar-refractivity contribution in [3.05, 3.63) is 74.3 Å². The molecule has 0 saturated heterocycles. The summed E-state index contributed by atoms with van der Waals surface area (Å²) in [6, 6.07) is 8.17. The Morgan fingerprint density at radius 1 is 0.846 bits per heavy atom. The summed E-state index contributed by atoms with van der Waals surface area (Å²) in [7, 11) is -9.27. The van der Waals surface area contributed by atoms with Gasteiger partial charge in [-0.2, -0.15) is 0 Å². The van der Waals surface area contributed by atoms with Crippen LogP contribution in [-0.4, -0.2) is 71.9 Å². The molecule has 5 heterocycles. The van der Waals surface area contributed by atoms with Crippen LogP contribution in [0.2, 0.25) is 0 Å². The first-order valence-corrected chi connectivity index (χ1v) is 22.4. The molecule has 0 fully saturated rings. The van der Waals surface area contributed by atoms with Crippen molar-refractivity contribution >= 4 is 53.2 Å². The molecule has 5 aliphatic rings. The van der Waals surface area contributed by atoms with Gasteiger partial charge >= 0.3 is 0 Å². The van der Waals surface area contributed by atoms with Crippen LogP contribution in [0.4, 0.5) is 5.69 Å². The maximum atomic E-state index is 13.5. The number of benzene rings is 3. The van der Waals surface area contributed by atoms with E-state index in [1.54, 1.807) is 0 Å². The molecule has 14 heteroatoms. The third kappa shape index (κ3) is 6.48. The van der Waals surface area contributed by atoms with Gasteiger partial charge in [0.05, 0.1) is 20.7 Å². The number of rotatable bonds is 11. The Bertz CT molecular complexity index is 2340. The van der Waals surface area contributed by atoms with Crippen molar-refractivity contribution in [3.63, 3.8) is 0 Å². The highest BCUT2D eigenvalue weighted by atomic mass is 79.9. The van der Waals surface area contributed by atoms with E-state index in [4.69, 9.17) is 4.74 Å². The number of hydrogen-bond acceptors (Lipinski definition) is 8. The zero-order chi connectivity index (χ0) is 36.2. The lowest BCUT2D eigenvalue weighted by Crippen LogP contribution is -2.45. The number of carbonyl (C=O) groups is 1. The molecular formula is C38H43BrN4O7S2. The summed E-state index contributed by atoms with van der Waals surface area (Å²) in [5.41, 5.74) is 7.41. The fraction of sp³-hybridized carbons (Fsp3) is 0.474. The number of aryl methyl sites for hydroxylation is 2. The summed E-state index contributed by atoms with van der Waals surface area (Å²) in [4.78, 5) is 13.0. The monoisotopic (exact) mass is 810 g/mol. The highest BCUT2D eigenvalue weighted by Gasteiger charge is 2.36. The summed E-state index contributed by atoms with van der Waals surface area (Å²) in [6.07, 6.45) is 9.30. The number of ether oxygens (including phenoxy) is 1. The van der Waals surface area contributed by atoms with Crippen molar-refractivity contribution in [3.8, 4) is 11.5 Å². The molecule has 0 bridgehead atoms. The minimum Gasteiger partial charge on any atom is -0.744 e. The molecule has 11 nitrogen and oxygen atoms in total. The largest absolute Gasteiger partial charge is 0.744 e.